The van der Waals surface area contributed by atoms with E-state index >= 15 is 0 Å². The first kappa shape index (κ1) is 21.3. The van der Waals surface area contributed by atoms with Gasteiger partial charge in [-0.3, -0.25) is 14.4 Å². The minimum atomic E-state index is -0.511. The van der Waals surface area contributed by atoms with Gasteiger partial charge in [-0.05, 0) is 29.8 Å². The van der Waals surface area contributed by atoms with Gasteiger partial charge in [0.25, 0.3) is 0 Å². The van der Waals surface area contributed by atoms with Crippen molar-refractivity contribution in [2.24, 2.45) is 0 Å². The van der Waals surface area contributed by atoms with E-state index in [4.69, 9.17) is 0 Å². The fourth-order valence-corrected chi connectivity index (χ4v) is 5.46. The lowest BCUT2D eigenvalue weighted by Crippen LogP contribution is -2.48. The summed E-state index contributed by atoms with van der Waals surface area (Å²) in [5, 5.41) is 4.12. The average Bonchev–Trinajstić information content (AvgIpc) is 3.36. The van der Waals surface area contributed by atoms with Crippen LogP contribution in [0, 0.1) is 0 Å². The van der Waals surface area contributed by atoms with Crippen LogP contribution in [0.2, 0.25) is 0 Å². The molecule has 1 N–H and O–H groups in total. The van der Waals surface area contributed by atoms with E-state index in [-0.39, 0.29) is 23.8 Å². The molecule has 166 valence electrons. The Morgan fingerprint density at radius 1 is 0.879 bits per heavy atom. The summed E-state index contributed by atoms with van der Waals surface area (Å²) in [5.41, 5.74) is 2.40. The van der Waals surface area contributed by atoms with Gasteiger partial charge in [-0.15, -0.1) is 11.8 Å². The Balaban J connectivity index is 1.41. The topological polar surface area (TPSA) is 71.4 Å². The van der Waals surface area contributed by atoms with Crippen LogP contribution in [0.5, 0.6) is 0 Å². The van der Waals surface area contributed by atoms with E-state index in [1.54, 1.807) is 28.8 Å². The van der Waals surface area contributed by atoms with Gasteiger partial charge in [-0.25, -0.2) is 0 Å². The van der Waals surface area contributed by atoms with Crippen LogP contribution in [0.1, 0.15) is 5.56 Å². The Kier molecular flexibility index (Phi) is 5.88. The van der Waals surface area contributed by atoms with Crippen molar-refractivity contribution in [2.75, 3.05) is 11.6 Å². The molecule has 0 aliphatic carbocycles. The van der Waals surface area contributed by atoms with Crippen molar-refractivity contribution in [1.29, 1.82) is 0 Å². The average molecular weight is 458 g/mol. The minimum absolute atomic E-state index is 0.0419. The summed E-state index contributed by atoms with van der Waals surface area (Å²) in [7, 11) is 0. The molecular weight excluding hydrogens is 434 g/mol. The van der Waals surface area contributed by atoms with Gasteiger partial charge < -0.3 is 14.8 Å². The summed E-state index contributed by atoms with van der Waals surface area (Å²) in [6.07, 6.45) is 0. The maximum Gasteiger partial charge on any atom is 0.243 e. The molecule has 5 rings (SSSR count). The minimum Gasteiger partial charge on any atom is -0.350 e. The molecule has 1 unspecified atom stereocenters. The molecule has 3 aromatic carbocycles. The number of aromatic nitrogens is 1. The van der Waals surface area contributed by atoms with Crippen LogP contribution in [-0.2, 0) is 22.7 Å². The van der Waals surface area contributed by atoms with E-state index in [1.807, 2.05) is 71.3 Å². The number of hydrogen-bond donors (Lipinski definition) is 1. The van der Waals surface area contributed by atoms with E-state index in [0.29, 0.717) is 40.0 Å². The molecule has 0 radical (unpaired) electrons. The normalized spacial score (nSPS) is 15.8. The predicted octanol–water partition coefficient (Wildman–Crippen LogP) is 3.37. The number of amides is 2. The van der Waals surface area contributed by atoms with Gasteiger partial charge in [-0.1, -0.05) is 54.6 Å². The molecule has 6 nitrogen and oxygen atoms in total. The van der Waals surface area contributed by atoms with E-state index < -0.39 is 6.04 Å². The third-order valence-corrected chi connectivity index (χ3v) is 7.00. The molecule has 1 saturated heterocycles. The van der Waals surface area contributed by atoms with Crippen molar-refractivity contribution in [1.82, 2.24) is 14.8 Å². The number of para-hydroxylation sites is 2. The summed E-state index contributed by atoms with van der Waals surface area (Å²) >= 11 is 1.57. The molecule has 4 aromatic rings. The van der Waals surface area contributed by atoms with E-state index in [9.17, 15) is 14.4 Å². The summed E-state index contributed by atoms with van der Waals surface area (Å²) in [6, 6.07) is 23.9. The number of benzene rings is 3. The zero-order valence-electron chi connectivity index (χ0n) is 17.9. The number of carbonyl (C=O) groups is 2. The highest BCUT2D eigenvalue weighted by molar-refractivity contribution is 7.99. The van der Waals surface area contributed by atoms with Crippen LogP contribution in [0.15, 0.2) is 83.7 Å². The number of nitrogens with one attached hydrogen (secondary N) is 1. The second-order valence-corrected chi connectivity index (χ2v) is 9.03. The van der Waals surface area contributed by atoms with Gasteiger partial charge in [0, 0.05) is 23.1 Å². The molecule has 1 aliphatic heterocycles. The number of pyridine rings is 1. The van der Waals surface area contributed by atoms with Crippen LogP contribution in [0.3, 0.4) is 0 Å². The molecule has 0 bridgehead atoms. The molecule has 2 amide bonds. The fourth-order valence-electron chi connectivity index (χ4n) is 4.28. The maximum absolute atomic E-state index is 13.4. The lowest BCUT2D eigenvalue weighted by molar-refractivity contribution is -0.138. The highest BCUT2D eigenvalue weighted by atomic mass is 32.2. The van der Waals surface area contributed by atoms with Crippen LogP contribution < -0.4 is 10.7 Å². The standard InChI is InChI=1S/C26H23N3O3S/c30-24(29-17-33-16-23(29)26(32)27-14-18-8-2-1-3-9-18)15-28-21-12-6-4-10-19(21)25(31)20-11-5-7-13-22(20)28/h1-13,23H,14-17H2,(H,27,32). The van der Waals surface area contributed by atoms with Gasteiger partial charge in [-0.2, -0.15) is 0 Å². The lowest BCUT2D eigenvalue weighted by Gasteiger charge is -2.24. The summed E-state index contributed by atoms with van der Waals surface area (Å²) in [5.74, 6) is 0.752. The summed E-state index contributed by atoms with van der Waals surface area (Å²) in [6.45, 7) is 0.488. The largest absolute Gasteiger partial charge is 0.350 e. The SMILES string of the molecule is O=C(NCc1ccccc1)C1CSCN1C(=O)Cn1c2ccccc2c(=O)c2ccccc21. The second kappa shape index (κ2) is 9.11. The number of nitrogens with zero attached hydrogens (tertiary/aromatic N) is 2. The molecule has 33 heavy (non-hydrogen) atoms. The highest BCUT2D eigenvalue weighted by Crippen LogP contribution is 2.24. The Labute approximate surface area is 195 Å². The molecular formula is C26H23N3O3S. The van der Waals surface area contributed by atoms with Crippen molar-refractivity contribution < 1.29 is 9.59 Å². The smallest absolute Gasteiger partial charge is 0.243 e. The van der Waals surface area contributed by atoms with Crippen molar-refractivity contribution in [3.63, 3.8) is 0 Å². The first-order valence-electron chi connectivity index (χ1n) is 10.8. The number of hydrogen-bond acceptors (Lipinski definition) is 4. The Hall–Kier alpha value is -3.58. The van der Waals surface area contributed by atoms with E-state index in [1.165, 1.54) is 0 Å². The molecule has 7 heteroatoms. The van der Waals surface area contributed by atoms with Crippen LogP contribution in [0.25, 0.3) is 21.8 Å². The Morgan fingerprint density at radius 2 is 1.48 bits per heavy atom. The monoisotopic (exact) mass is 457 g/mol. The van der Waals surface area contributed by atoms with Gasteiger partial charge in [0.2, 0.25) is 11.8 Å². The van der Waals surface area contributed by atoms with Gasteiger partial charge in [0.1, 0.15) is 12.6 Å². The number of thioether (sulfide) groups is 1. The maximum atomic E-state index is 13.4. The van der Waals surface area contributed by atoms with Crippen LogP contribution in [-0.4, -0.2) is 39.0 Å². The van der Waals surface area contributed by atoms with Crippen LogP contribution >= 0.6 is 11.8 Å². The van der Waals surface area contributed by atoms with E-state index in [2.05, 4.69) is 5.32 Å². The molecule has 1 fully saturated rings. The van der Waals surface area contributed by atoms with Crippen LogP contribution in [0.4, 0.5) is 0 Å². The van der Waals surface area contributed by atoms with E-state index in [0.717, 1.165) is 5.56 Å². The highest BCUT2D eigenvalue weighted by Gasteiger charge is 2.34. The van der Waals surface area contributed by atoms with Gasteiger partial charge in [0.05, 0.1) is 16.9 Å². The van der Waals surface area contributed by atoms with Gasteiger partial charge in [0.15, 0.2) is 5.43 Å². The van der Waals surface area contributed by atoms with Crippen molar-refractivity contribution >= 4 is 45.4 Å². The number of carbonyl (C=O) groups excluding carboxylic acids is 2. The predicted molar refractivity (Wildman–Crippen MR) is 132 cm³/mol. The molecule has 1 atom stereocenters. The third-order valence-electron chi connectivity index (χ3n) is 5.99. The molecule has 0 spiro atoms. The van der Waals surface area contributed by atoms with Crippen molar-refractivity contribution in [2.45, 2.75) is 19.1 Å². The first-order valence-corrected chi connectivity index (χ1v) is 12.0. The fraction of sp³-hybridized carbons (Fsp3) is 0.192. The number of fused-ring (bicyclic) bond motifs is 2. The number of rotatable bonds is 5. The molecule has 0 saturated carbocycles. The summed E-state index contributed by atoms with van der Waals surface area (Å²) < 4.78 is 1.89. The third kappa shape index (κ3) is 4.12. The van der Waals surface area contributed by atoms with Crippen molar-refractivity contribution in [3.8, 4) is 0 Å². The Morgan fingerprint density at radius 3 is 2.15 bits per heavy atom. The molecule has 1 aromatic heterocycles. The first-order chi connectivity index (χ1) is 16.1. The lowest BCUT2D eigenvalue weighted by atomic mass is 10.1. The zero-order valence-corrected chi connectivity index (χ0v) is 18.8. The molecule has 2 heterocycles. The zero-order chi connectivity index (χ0) is 22.8. The quantitative estimate of drug-likeness (QED) is 0.467. The second-order valence-electron chi connectivity index (χ2n) is 8.03. The summed E-state index contributed by atoms with van der Waals surface area (Å²) in [4.78, 5) is 40.9. The van der Waals surface area contributed by atoms with Crippen molar-refractivity contribution in [3.05, 3.63) is 94.6 Å². The molecule has 1 aliphatic rings. The van der Waals surface area contributed by atoms with Gasteiger partial charge >= 0.3 is 0 Å². The Bertz CT molecular complexity index is 1340.